The van der Waals surface area contributed by atoms with Crippen LogP contribution in [0.25, 0.3) is 0 Å². The van der Waals surface area contributed by atoms with E-state index in [0.717, 1.165) is 19.0 Å². The van der Waals surface area contributed by atoms with Gasteiger partial charge in [-0.15, -0.1) is 11.3 Å². The van der Waals surface area contributed by atoms with Gasteiger partial charge in [-0.3, -0.25) is 0 Å². The number of hydrogen-bond donors (Lipinski definition) is 1. The maximum Gasteiger partial charge on any atom is 0.0701 e. The molecule has 0 saturated carbocycles. The van der Waals surface area contributed by atoms with E-state index >= 15 is 0 Å². The normalized spacial score (nSPS) is 21.5. The molecule has 1 atom stereocenters. The third-order valence-electron chi connectivity index (χ3n) is 3.41. The molecular weight excluding hydrogens is 296 g/mol. The maximum atomic E-state index is 3.58. The highest BCUT2D eigenvalue weighted by atomic mass is 79.9. The van der Waals surface area contributed by atoms with Crippen LogP contribution in [0.4, 0.5) is 0 Å². The van der Waals surface area contributed by atoms with Gasteiger partial charge in [0.25, 0.3) is 0 Å². The standard InChI is InChI=1S/C13H21BrN2S/c1-10(2)16-6-5-11(9-16)7-15-8-12-3-4-13(14)17-12/h3-4,10-11,15H,5-9H2,1-2H3. The van der Waals surface area contributed by atoms with Crippen molar-refractivity contribution in [2.45, 2.75) is 32.9 Å². The van der Waals surface area contributed by atoms with Gasteiger partial charge in [-0.2, -0.15) is 0 Å². The lowest BCUT2D eigenvalue weighted by Crippen LogP contribution is -2.30. The van der Waals surface area contributed by atoms with Gasteiger partial charge >= 0.3 is 0 Å². The lowest BCUT2D eigenvalue weighted by Gasteiger charge is -2.20. The largest absolute Gasteiger partial charge is 0.312 e. The number of nitrogens with one attached hydrogen (secondary N) is 1. The monoisotopic (exact) mass is 316 g/mol. The van der Waals surface area contributed by atoms with Crippen LogP contribution in [0.5, 0.6) is 0 Å². The third kappa shape index (κ3) is 4.05. The highest BCUT2D eigenvalue weighted by Crippen LogP contribution is 2.22. The molecule has 1 fully saturated rings. The van der Waals surface area contributed by atoms with Gasteiger partial charge in [-0.05, 0) is 67.3 Å². The van der Waals surface area contributed by atoms with E-state index in [1.54, 1.807) is 0 Å². The molecule has 0 aliphatic carbocycles. The molecule has 0 bridgehead atoms. The van der Waals surface area contributed by atoms with Crippen LogP contribution >= 0.6 is 27.3 Å². The van der Waals surface area contributed by atoms with E-state index in [1.165, 1.54) is 28.2 Å². The molecule has 2 heterocycles. The van der Waals surface area contributed by atoms with Crippen LogP contribution < -0.4 is 5.32 Å². The van der Waals surface area contributed by atoms with E-state index < -0.39 is 0 Å². The van der Waals surface area contributed by atoms with Crippen LogP contribution in [0.2, 0.25) is 0 Å². The SMILES string of the molecule is CC(C)N1CCC(CNCc2ccc(Br)s2)C1. The second-order valence-corrected chi connectivity index (χ2v) is 7.63. The molecule has 4 heteroatoms. The van der Waals surface area contributed by atoms with Crippen molar-refractivity contribution in [2.24, 2.45) is 5.92 Å². The van der Waals surface area contributed by atoms with Crippen LogP contribution in [-0.4, -0.2) is 30.6 Å². The Morgan fingerprint density at radius 2 is 2.35 bits per heavy atom. The second-order valence-electron chi connectivity index (χ2n) is 5.08. The number of likely N-dealkylation sites (tertiary alicyclic amines) is 1. The summed E-state index contributed by atoms with van der Waals surface area (Å²) in [6.45, 7) is 9.28. The zero-order chi connectivity index (χ0) is 12.3. The van der Waals surface area contributed by atoms with Crippen LogP contribution in [0.15, 0.2) is 15.9 Å². The zero-order valence-electron chi connectivity index (χ0n) is 10.6. The fraction of sp³-hybridized carbons (Fsp3) is 0.692. The number of nitrogens with zero attached hydrogens (tertiary/aromatic N) is 1. The number of thiophene rings is 1. The van der Waals surface area contributed by atoms with Crippen LogP contribution in [0.3, 0.4) is 0 Å². The predicted molar refractivity (Wildman–Crippen MR) is 78.5 cm³/mol. The third-order valence-corrected chi connectivity index (χ3v) is 5.03. The topological polar surface area (TPSA) is 15.3 Å². The summed E-state index contributed by atoms with van der Waals surface area (Å²) in [5.74, 6) is 0.834. The van der Waals surface area contributed by atoms with Gasteiger partial charge < -0.3 is 10.2 Å². The Morgan fingerprint density at radius 3 is 2.94 bits per heavy atom. The molecule has 1 aromatic rings. The molecule has 1 aliphatic rings. The summed E-state index contributed by atoms with van der Waals surface area (Å²) >= 11 is 5.32. The van der Waals surface area contributed by atoms with Crippen molar-refractivity contribution >= 4 is 27.3 Å². The average Bonchev–Trinajstić information content (AvgIpc) is 2.88. The summed E-state index contributed by atoms with van der Waals surface area (Å²) < 4.78 is 1.22. The minimum atomic E-state index is 0.702. The molecule has 2 rings (SSSR count). The Labute approximate surface area is 117 Å². The fourth-order valence-electron chi connectivity index (χ4n) is 2.34. The molecular formula is C13H21BrN2S. The van der Waals surface area contributed by atoms with Crippen molar-refractivity contribution in [2.75, 3.05) is 19.6 Å². The highest BCUT2D eigenvalue weighted by Gasteiger charge is 2.23. The molecule has 96 valence electrons. The first-order valence-corrected chi connectivity index (χ1v) is 7.95. The molecule has 1 saturated heterocycles. The van der Waals surface area contributed by atoms with Crippen molar-refractivity contribution in [3.63, 3.8) is 0 Å². The molecule has 1 N–H and O–H groups in total. The van der Waals surface area contributed by atoms with Gasteiger partial charge in [0.1, 0.15) is 0 Å². The fourth-order valence-corrected chi connectivity index (χ4v) is 3.80. The Morgan fingerprint density at radius 1 is 1.53 bits per heavy atom. The Hall–Kier alpha value is 0.1000. The molecule has 0 spiro atoms. The van der Waals surface area contributed by atoms with Gasteiger partial charge in [-0.25, -0.2) is 0 Å². The quantitative estimate of drug-likeness (QED) is 0.896. The lowest BCUT2D eigenvalue weighted by molar-refractivity contribution is 0.264. The molecule has 1 unspecified atom stereocenters. The van der Waals surface area contributed by atoms with Gasteiger partial charge in [0, 0.05) is 24.0 Å². The van der Waals surface area contributed by atoms with Crippen LogP contribution in [0, 0.1) is 5.92 Å². The summed E-state index contributed by atoms with van der Waals surface area (Å²) in [6, 6.07) is 5.02. The summed E-state index contributed by atoms with van der Waals surface area (Å²) in [5, 5.41) is 3.58. The van der Waals surface area contributed by atoms with E-state index in [2.05, 4.69) is 52.1 Å². The van der Waals surface area contributed by atoms with Crippen molar-refractivity contribution in [1.82, 2.24) is 10.2 Å². The van der Waals surface area contributed by atoms with Crippen molar-refractivity contribution in [3.8, 4) is 0 Å². The highest BCUT2D eigenvalue weighted by molar-refractivity contribution is 9.11. The summed E-state index contributed by atoms with van der Waals surface area (Å²) in [5.41, 5.74) is 0. The van der Waals surface area contributed by atoms with E-state index in [0.29, 0.717) is 6.04 Å². The molecule has 17 heavy (non-hydrogen) atoms. The van der Waals surface area contributed by atoms with Gasteiger partial charge in [-0.1, -0.05) is 0 Å². The Balaban J connectivity index is 1.66. The maximum absolute atomic E-state index is 3.58. The number of rotatable bonds is 5. The van der Waals surface area contributed by atoms with Crippen molar-refractivity contribution < 1.29 is 0 Å². The zero-order valence-corrected chi connectivity index (χ0v) is 13.0. The lowest BCUT2D eigenvalue weighted by atomic mass is 10.1. The van der Waals surface area contributed by atoms with E-state index in [4.69, 9.17) is 0 Å². The molecule has 1 aliphatic heterocycles. The van der Waals surface area contributed by atoms with Gasteiger partial charge in [0.05, 0.1) is 3.79 Å². The van der Waals surface area contributed by atoms with E-state index in [9.17, 15) is 0 Å². The van der Waals surface area contributed by atoms with E-state index in [1.807, 2.05) is 11.3 Å². The van der Waals surface area contributed by atoms with Crippen molar-refractivity contribution in [3.05, 3.63) is 20.8 Å². The average molecular weight is 317 g/mol. The summed E-state index contributed by atoms with van der Waals surface area (Å²) in [7, 11) is 0. The summed E-state index contributed by atoms with van der Waals surface area (Å²) in [6.07, 6.45) is 1.35. The molecule has 2 nitrogen and oxygen atoms in total. The first-order valence-electron chi connectivity index (χ1n) is 6.34. The van der Waals surface area contributed by atoms with Gasteiger partial charge in [0.2, 0.25) is 0 Å². The van der Waals surface area contributed by atoms with Gasteiger partial charge in [0.15, 0.2) is 0 Å². The first-order chi connectivity index (χ1) is 8.15. The molecule has 0 radical (unpaired) electrons. The Bertz CT molecular complexity index is 351. The smallest absolute Gasteiger partial charge is 0.0701 e. The minimum absolute atomic E-state index is 0.702. The Kier molecular flexibility index (Phi) is 5.03. The number of halogens is 1. The summed E-state index contributed by atoms with van der Waals surface area (Å²) in [4.78, 5) is 3.99. The first kappa shape index (κ1) is 13.5. The van der Waals surface area contributed by atoms with Crippen LogP contribution in [0.1, 0.15) is 25.1 Å². The minimum Gasteiger partial charge on any atom is -0.312 e. The van der Waals surface area contributed by atoms with Crippen molar-refractivity contribution in [1.29, 1.82) is 0 Å². The number of hydrogen-bond acceptors (Lipinski definition) is 3. The van der Waals surface area contributed by atoms with E-state index in [-0.39, 0.29) is 0 Å². The van der Waals surface area contributed by atoms with Crippen LogP contribution in [-0.2, 0) is 6.54 Å². The second kappa shape index (κ2) is 6.32. The predicted octanol–water partition coefficient (Wildman–Crippen LogP) is 3.33. The molecule has 1 aromatic heterocycles. The molecule has 0 amide bonds. The molecule has 0 aromatic carbocycles.